The average Bonchev–Trinajstić information content (AvgIpc) is 3.22. The molecule has 1 N–H and O–H groups in total. The minimum atomic E-state index is -4.53. The van der Waals surface area contributed by atoms with Gasteiger partial charge in [0, 0.05) is 32.4 Å². The molecule has 0 atom stereocenters. The Morgan fingerprint density at radius 2 is 1.82 bits per heavy atom. The fourth-order valence-corrected chi connectivity index (χ4v) is 4.23. The van der Waals surface area contributed by atoms with Gasteiger partial charge in [-0.3, -0.25) is 9.59 Å². The Bertz CT molecular complexity index is 1440. The monoisotopic (exact) mass is 476 g/mol. The first-order valence-corrected chi connectivity index (χ1v) is 10.4. The molecule has 5 rings (SSSR count). The molecule has 0 unspecified atom stereocenters. The Morgan fingerprint density at radius 3 is 2.52 bits per heavy atom. The zero-order valence-electron chi connectivity index (χ0n) is 16.9. The van der Waals surface area contributed by atoms with Gasteiger partial charge in [0.1, 0.15) is 17.0 Å². The molecule has 1 aliphatic rings. The van der Waals surface area contributed by atoms with Crippen molar-refractivity contribution in [3.05, 3.63) is 69.2 Å². The van der Waals surface area contributed by atoms with Crippen LogP contribution < -0.4 is 10.5 Å². The van der Waals surface area contributed by atoms with E-state index in [0.29, 0.717) is 42.7 Å². The molecule has 1 amide bonds. The number of amides is 1. The number of aromatic nitrogens is 4. The van der Waals surface area contributed by atoms with Crippen LogP contribution in [0.5, 0.6) is 0 Å². The van der Waals surface area contributed by atoms with Gasteiger partial charge in [0.2, 0.25) is 0 Å². The van der Waals surface area contributed by atoms with Crippen LogP contribution in [0.4, 0.5) is 19.0 Å². The number of hydrogen-bond acceptors (Lipinski definition) is 5. The van der Waals surface area contributed by atoms with Crippen molar-refractivity contribution in [1.82, 2.24) is 24.5 Å². The van der Waals surface area contributed by atoms with Gasteiger partial charge in [-0.2, -0.15) is 18.3 Å². The number of nitrogens with zero attached hydrogens (tertiary/aromatic N) is 5. The molecular formula is C21H16ClF3N6O2. The van der Waals surface area contributed by atoms with Crippen molar-refractivity contribution in [2.45, 2.75) is 6.18 Å². The zero-order valence-corrected chi connectivity index (χ0v) is 17.7. The van der Waals surface area contributed by atoms with Gasteiger partial charge in [0.25, 0.3) is 11.5 Å². The third kappa shape index (κ3) is 3.67. The molecular weight excluding hydrogens is 461 g/mol. The maximum absolute atomic E-state index is 13.2. The summed E-state index contributed by atoms with van der Waals surface area (Å²) in [6.07, 6.45) is -2.36. The molecule has 0 bridgehead atoms. The minimum absolute atomic E-state index is 0.100. The van der Waals surface area contributed by atoms with Gasteiger partial charge in [-0.1, -0.05) is 23.7 Å². The number of anilines is 1. The number of piperazine rings is 1. The number of para-hydroxylation sites is 1. The topological polar surface area (TPSA) is 86.6 Å². The third-order valence-corrected chi connectivity index (χ3v) is 5.90. The average molecular weight is 477 g/mol. The van der Waals surface area contributed by atoms with E-state index in [2.05, 4.69) is 15.1 Å². The molecule has 4 aromatic rings. The van der Waals surface area contributed by atoms with Crippen molar-refractivity contribution in [2.24, 2.45) is 0 Å². The normalized spacial score (nSPS) is 14.9. The van der Waals surface area contributed by atoms with Crippen LogP contribution in [0, 0.1) is 0 Å². The van der Waals surface area contributed by atoms with E-state index in [1.54, 1.807) is 34.1 Å². The molecule has 170 valence electrons. The van der Waals surface area contributed by atoms with E-state index < -0.39 is 11.7 Å². The fourth-order valence-electron chi connectivity index (χ4n) is 3.94. The SMILES string of the molecule is O=C(c1cnn2c1[nH]c(=O)c1ccccc12)N1CCN(c2ncc(C(F)(F)F)cc2Cl)CC1. The molecule has 0 radical (unpaired) electrons. The number of halogens is 4. The van der Waals surface area contributed by atoms with Crippen molar-refractivity contribution < 1.29 is 18.0 Å². The summed E-state index contributed by atoms with van der Waals surface area (Å²) in [5.41, 5.74) is -0.0844. The van der Waals surface area contributed by atoms with Crippen LogP contribution in [0.3, 0.4) is 0 Å². The Balaban J connectivity index is 1.36. The van der Waals surface area contributed by atoms with Crippen molar-refractivity contribution in [2.75, 3.05) is 31.1 Å². The fraction of sp³-hybridized carbons (Fsp3) is 0.238. The first-order chi connectivity index (χ1) is 15.7. The van der Waals surface area contributed by atoms with Crippen LogP contribution in [0.15, 0.2) is 47.5 Å². The molecule has 1 saturated heterocycles. The van der Waals surface area contributed by atoms with Gasteiger partial charge in [-0.25, -0.2) is 9.50 Å². The number of alkyl halides is 3. The Kier molecular flexibility index (Phi) is 5.00. The highest BCUT2D eigenvalue weighted by atomic mass is 35.5. The number of H-pyrrole nitrogens is 1. The molecule has 0 aliphatic carbocycles. The van der Waals surface area contributed by atoms with Gasteiger partial charge in [0.05, 0.1) is 27.7 Å². The molecule has 8 nitrogen and oxygen atoms in total. The van der Waals surface area contributed by atoms with E-state index in [4.69, 9.17) is 11.6 Å². The van der Waals surface area contributed by atoms with Gasteiger partial charge >= 0.3 is 6.18 Å². The first kappa shape index (κ1) is 21.3. The zero-order chi connectivity index (χ0) is 23.3. The van der Waals surface area contributed by atoms with Crippen LogP contribution in [-0.4, -0.2) is 56.6 Å². The third-order valence-electron chi connectivity index (χ3n) is 5.62. The lowest BCUT2D eigenvalue weighted by atomic mass is 10.2. The Hall–Kier alpha value is -3.60. The van der Waals surface area contributed by atoms with Crippen LogP contribution in [0.1, 0.15) is 15.9 Å². The summed E-state index contributed by atoms with van der Waals surface area (Å²) >= 11 is 6.05. The van der Waals surface area contributed by atoms with Crippen molar-refractivity contribution in [3.8, 4) is 0 Å². The summed E-state index contributed by atoms with van der Waals surface area (Å²) in [5, 5.41) is 4.63. The number of rotatable bonds is 2. The number of benzene rings is 1. The number of aromatic amines is 1. The quantitative estimate of drug-likeness (QED) is 0.480. The maximum atomic E-state index is 13.2. The second kappa shape index (κ2) is 7.77. The number of carbonyl (C=O) groups is 1. The van der Waals surface area contributed by atoms with Crippen molar-refractivity contribution >= 4 is 39.9 Å². The van der Waals surface area contributed by atoms with E-state index >= 15 is 0 Å². The summed E-state index contributed by atoms with van der Waals surface area (Å²) in [6, 6.07) is 7.80. The highest BCUT2D eigenvalue weighted by Gasteiger charge is 2.33. The molecule has 0 saturated carbocycles. The van der Waals surface area contributed by atoms with E-state index in [0.717, 1.165) is 12.3 Å². The molecule has 3 aromatic heterocycles. The van der Waals surface area contributed by atoms with Crippen molar-refractivity contribution in [1.29, 1.82) is 0 Å². The molecule has 33 heavy (non-hydrogen) atoms. The molecule has 0 spiro atoms. The molecule has 12 heteroatoms. The molecule has 1 aliphatic heterocycles. The van der Waals surface area contributed by atoms with E-state index in [1.807, 2.05) is 0 Å². The van der Waals surface area contributed by atoms with Gasteiger partial charge in [-0.05, 0) is 18.2 Å². The van der Waals surface area contributed by atoms with Gasteiger partial charge < -0.3 is 14.8 Å². The number of fused-ring (bicyclic) bond motifs is 3. The lowest BCUT2D eigenvalue weighted by Crippen LogP contribution is -2.49. The number of pyridine rings is 1. The lowest BCUT2D eigenvalue weighted by molar-refractivity contribution is -0.137. The molecule has 1 aromatic carbocycles. The standard InChI is InChI=1S/C21H16ClF3N6O2/c22-15-9-12(21(23,24)25)10-26-18(15)29-5-7-30(8-6-29)20(33)14-11-27-31-16-4-2-1-3-13(16)19(32)28-17(14)31/h1-4,9-11H,5-8H2,(H,28,32). The van der Waals surface area contributed by atoms with Crippen LogP contribution in [-0.2, 0) is 6.18 Å². The van der Waals surface area contributed by atoms with Gasteiger partial charge in [0.15, 0.2) is 0 Å². The number of carbonyl (C=O) groups excluding carboxylic acids is 1. The minimum Gasteiger partial charge on any atom is -0.352 e. The van der Waals surface area contributed by atoms with Crippen LogP contribution in [0.2, 0.25) is 5.02 Å². The molecule has 1 fully saturated rings. The van der Waals surface area contributed by atoms with Crippen LogP contribution >= 0.6 is 11.6 Å². The summed E-state index contributed by atoms with van der Waals surface area (Å²) in [5.74, 6) is -0.0643. The predicted octanol–water partition coefficient (Wildman–Crippen LogP) is 3.21. The highest BCUT2D eigenvalue weighted by Crippen LogP contribution is 2.33. The first-order valence-electron chi connectivity index (χ1n) is 10.00. The second-order valence-corrected chi connectivity index (χ2v) is 8.00. The summed E-state index contributed by atoms with van der Waals surface area (Å²) in [6.45, 7) is 1.27. The van der Waals surface area contributed by atoms with Crippen molar-refractivity contribution in [3.63, 3.8) is 0 Å². The van der Waals surface area contributed by atoms with Crippen LogP contribution in [0.25, 0.3) is 16.6 Å². The Morgan fingerprint density at radius 1 is 1.09 bits per heavy atom. The lowest BCUT2D eigenvalue weighted by Gasteiger charge is -2.35. The summed E-state index contributed by atoms with van der Waals surface area (Å²) in [4.78, 5) is 35.5. The van der Waals surface area contributed by atoms with Gasteiger partial charge in [-0.15, -0.1) is 0 Å². The van der Waals surface area contributed by atoms with E-state index in [9.17, 15) is 22.8 Å². The van der Waals surface area contributed by atoms with E-state index in [1.165, 1.54) is 10.7 Å². The highest BCUT2D eigenvalue weighted by molar-refractivity contribution is 6.33. The largest absolute Gasteiger partial charge is 0.417 e. The summed E-state index contributed by atoms with van der Waals surface area (Å²) in [7, 11) is 0. The summed E-state index contributed by atoms with van der Waals surface area (Å²) < 4.78 is 40.1. The number of nitrogens with one attached hydrogen (secondary N) is 1. The second-order valence-electron chi connectivity index (χ2n) is 7.60. The van der Waals surface area contributed by atoms with E-state index in [-0.39, 0.29) is 27.9 Å². The maximum Gasteiger partial charge on any atom is 0.417 e. The predicted molar refractivity (Wildman–Crippen MR) is 116 cm³/mol. The Labute approximate surface area is 189 Å². The number of hydrogen-bond donors (Lipinski definition) is 1. The molecule has 4 heterocycles. The smallest absolute Gasteiger partial charge is 0.352 e.